The summed E-state index contributed by atoms with van der Waals surface area (Å²) >= 11 is 0. The first-order valence-electron chi connectivity index (χ1n) is 7.80. The molecule has 1 aromatic carbocycles. The van der Waals surface area contributed by atoms with Gasteiger partial charge in [-0.05, 0) is 62.4 Å². The highest BCUT2D eigenvalue weighted by Crippen LogP contribution is 2.19. The Morgan fingerprint density at radius 3 is 3.05 bits per heavy atom. The lowest BCUT2D eigenvalue weighted by atomic mass is 10.0. The predicted octanol–water partition coefficient (Wildman–Crippen LogP) is 2.05. The fraction of sp³-hybridized carbons (Fsp3) is 0.588. The summed E-state index contributed by atoms with van der Waals surface area (Å²) in [5.74, 6) is 1.76. The first kappa shape index (κ1) is 15.8. The van der Waals surface area contributed by atoms with Crippen molar-refractivity contribution in [1.29, 1.82) is 0 Å². The van der Waals surface area contributed by atoms with Crippen molar-refractivity contribution in [1.82, 2.24) is 10.6 Å². The summed E-state index contributed by atoms with van der Waals surface area (Å²) < 4.78 is 5.32. The third-order valence-electron chi connectivity index (χ3n) is 4.15. The summed E-state index contributed by atoms with van der Waals surface area (Å²) in [6.07, 6.45) is 3.69. The van der Waals surface area contributed by atoms with Crippen molar-refractivity contribution in [2.24, 2.45) is 5.92 Å². The second kappa shape index (κ2) is 8.03. The molecule has 0 radical (unpaired) electrons. The van der Waals surface area contributed by atoms with E-state index in [-0.39, 0.29) is 5.91 Å². The maximum Gasteiger partial charge on any atom is 0.220 e. The number of nitrogens with one attached hydrogen (secondary N) is 2. The largest absolute Gasteiger partial charge is 0.496 e. The van der Waals surface area contributed by atoms with Crippen LogP contribution in [0.3, 0.4) is 0 Å². The third-order valence-corrected chi connectivity index (χ3v) is 4.15. The number of ether oxygens (including phenoxy) is 1. The SMILES string of the molecule is COc1cc(CCNC(=O)CCC2CCNC2)ccc1C. The van der Waals surface area contributed by atoms with E-state index < -0.39 is 0 Å². The molecule has 1 aliphatic rings. The van der Waals surface area contributed by atoms with E-state index >= 15 is 0 Å². The molecule has 1 heterocycles. The van der Waals surface area contributed by atoms with Crippen LogP contribution in [0.15, 0.2) is 18.2 Å². The smallest absolute Gasteiger partial charge is 0.220 e. The van der Waals surface area contributed by atoms with Crippen molar-refractivity contribution < 1.29 is 9.53 Å². The monoisotopic (exact) mass is 290 g/mol. The molecule has 1 fully saturated rings. The van der Waals surface area contributed by atoms with Gasteiger partial charge in [0.25, 0.3) is 0 Å². The standard InChI is InChI=1S/C17H26N2O2/c1-13-3-4-14(11-16(13)21-2)8-10-19-17(20)6-5-15-7-9-18-12-15/h3-4,11,15,18H,5-10,12H2,1-2H3,(H,19,20). The van der Waals surface area contributed by atoms with Gasteiger partial charge in [0.15, 0.2) is 0 Å². The number of amides is 1. The second-order valence-corrected chi connectivity index (χ2v) is 5.80. The molecule has 0 spiro atoms. The topological polar surface area (TPSA) is 50.4 Å². The molecule has 0 bridgehead atoms. The van der Waals surface area contributed by atoms with Crippen molar-refractivity contribution in [3.05, 3.63) is 29.3 Å². The number of carbonyl (C=O) groups excluding carboxylic acids is 1. The molecule has 0 aliphatic carbocycles. The molecule has 1 aliphatic heterocycles. The van der Waals surface area contributed by atoms with Crippen LogP contribution in [0.25, 0.3) is 0 Å². The van der Waals surface area contributed by atoms with E-state index in [1.165, 1.54) is 12.0 Å². The molecule has 2 N–H and O–H groups in total. The van der Waals surface area contributed by atoms with Crippen LogP contribution in [0.2, 0.25) is 0 Å². The first-order valence-corrected chi connectivity index (χ1v) is 7.80. The lowest BCUT2D eigenvalue weighted by molar-refractivity contribution is -0.121. The number of carbonyl (C=O) groups is 1. The first-order chi connectivity index (χ1) is 10.2. The van der Waals surface area contributed by atoms with Crippen molar-refractivity contribution >= 4 is 5.91 Å². The van der Waals surface area contributed by atoms with Crippen LogP contribution in [-0.2, 0) is 11.2 Å². The highest BCUT2D eigenvalue weighted by molar-refractivity contribution is 5.75. The highest BCUT2D eigenvalue weighted by atomic mass is 16.5. The number of aryl methyl sites for hydroxylation is 1. The van der Waals surface area contributed by atoms with E-state index in [9.17, 15) is 4.79 Å². The minimum absolute atomic E-state index is 0.168. The number of hydrogen-bond acceptors (Lipinski definition) is 3. The van der Waals surface area contributed by atoms with Gasteiger partial charge in [-0.3, -0.25) is 4.79 Å². The maximum atomic E-state index is 11.8. The van der Waals surface area contributed by atoms with Crippen molar-refractivity contribution in [3.63, 3.8) is 0 Å². The van der Waals surface area contributed by atoms with Crippen molar-refractivity contribution in [2.75, 3.05) is 26.7 Å². The predicted molar refractivity (Wildman–Crippen MR) is 84.7 cm³/mol. The molecule has 4 nitrogen and oxygen atoms in total. The van der Waals surface area contributed by atoms with E-state index in [1.54, 1.807) is 7.11 Å². The summed E-state index contributed by atoms with van der Waals surface area (Å²) in [4.78, 5) is 11.8. The van der Waals surface area contributed by atoms with E-state index in [0.717, 1.165) is 37.2 Å². The maximum absolute atomic E-state index is 11.8. The Kier molecular flexibility index (Phi) is 6.05. The van der Waals surface area contributed by atoms with Crippen LogP contribution < -0.4 is 15.4 Å². The summed E-state index contributed by atoms with van der Waals surface area (Å²) in [6, 6.07) is 6.20. The van der Waals surface area contributed by atoms with Crippen LogP contribution in [0.1, 0.15) is 30.4 Å². The average Bonchev–Trinajstić information content (AvgIpc) is 3.00. The van der Waals surface area contributed by atoms with Crippen molar-refractivity contribution in [2.45, 2.75) is 32.6 Å². The molecule has 2 rings (SSSR count). The zero-order valence-electron chi connectivity index (χ0n) is 13.1. The van der Waals surface area contributed by atoms with Gasteiger partial charge in [0.2, 0.25) is 5.91 Å². The Morgan fingerprint density at radius 1 is 1.48 bits per heavy atom. The molecular formula is C17H26N2O2. The normalized spacial score (nSPS) is 17.7. The van der Waals surface area contributed by atoms with Crippen LogP contribution >= 0.6 is 0 Å². The Balaban J connectivity index is 1.67. The Bertz CT molecular complexity index is 468. The van der Waals surface area contributed by atoms with Crippen LogP contribution in [0.4, 0.5) is 0 Å². The summed E-state index contributed by atoms with van der Waals surface area (Å²) in [7, 11) is 1.69. The van der Waals surface area contributed by atoms with E-state index in [0.29, 0.717) is 18.9 Å². The molecule has 4 heteroatoms. The number of benzene rings is 1. The van der Waals surface area contributed by atoms with Crippen LogP contribution in [0, 0.1) is 12.8 Å². The molecule has 1 atom stereocenters. The number of hydrogen-bond donors (Lipinski definition) is 2. The third kappa shape index (κ3) is 5.05. The minimum Gasteiger partial charge on any atom is -0.496 e. The molecule has 1 aromatic rings. The number of rotatable bonds is 7. The van der Waals surface area contributed by atoms with E-state index in [2.05, 4.69) is 22.8 Å². The zero-order valence-corrected chi connectivity index (χ0v) is 13.1. The number of methoxy groups -OCH3 is 1. The molecule has 0 aromatic heterocycles. The van der Waals surface area contributed by atoms with Gasteiger partial charge in [-0.15, -0.1) is 0 Å². The molecule has 21 heavy (non-hydrogen) atoms. The highest BCUT2D eigenvalue weighted by Gasteiger charge is 2.15. The summed E-state index contributed by atoms with van der Waals surface area (Å²) in [6.45, 7) is 4.88. The Morgan fingerprint density at radius 2 is 2.33 bits per heavy atom. The molecular weight excluding hydrogens is 264 g/mol. The lowest BCUT2D eigenvalue weighted by Crippen LogP contribution is -2.26. The molecule has 116 valence electrons. The molecule has 0 saturated carbocycles. The molecule has 1 saturated heterocycles. The Hall–Kier alpha value is -1.55. The van der Waals surface area contributed by atoms with Gasteiger partial charge >= 0.3 is 0 Å². The zero-order chi connectivity index (χ0) is 15.1. The van der Waals surface area contributed by atoms with Crippen LogP contribution in [0.5, 0.6) is 5.75 Å². The fourth-order valence-electron chi connectivity index (χ4n) is 2.75. The van der Waals surface area contributed by atoms with Crippen molar-refractivity contribution in [3.8, 4) is 5.75 Å². The lowest BCUT2D eigenvalue weighted by Gasteiger charge is -2.10. The molecule has 1 amide bonds. The van der Waals surface area contributed by atoms with Gasteiger partial charge in [0, 0.05) is 13.0 Å². The fourth-order valence-corrected chi connectivity index (χ4v) is 2.75. The van der Waals surface area contributed by atoms with Gasteiger partial charge in [-0.1, -0.05) is 12.1 Å². The second-order valence-electron chi connectivity index (χ2n) is 5.80. The summed E-state index contributed by atoms with van der Waals surface area (Å²) in [5, 5.41) is 6.34. The van der Waals surface area contributed by atoms with Gasteiger partial charge in [-0.25, -0.2) is 0 Å². The van der Waals surface area contributed by atoms with E-state index in [1.807, 2.05) is 13.0 Å². The summed E-state index contributed by atoms with van der Waals surface area (Å²) in [5.41, 5.74) is 2.33. The Labute approximate surface area is 127 Å². The molecule has 1 unspecified atom stereocenters. The van der Waals surface area contributed by atoms with Gasteiger partial charge in [0.05, 0.1) is 7.11 Å². The van der Waals surface area contributed by atoms with Gasteiger partial charge < -0.3 is 15.4 Å². The minimum atomic E-state index is 0.168. The van der Waals surface area contributed by atoms with Gasteiger partial charge in [-0.2, -0.15) is 0 Å². The quantitative estimate of drug-likeness (QED) is 0.808. The van der Waals surface area contributed by atoms with Crippen LogP contribution in [-0.4, -0.2) is 32.7 Å². The van der Waals surface area contributed by atoms with E-state index in [4.69, 9.17) is 4.74 Å². The van der Waals surface area contributed by atoms with Gasteiger partial charge in [0.1, 0.15) is 5.75 Å². The average molecular weight is 290 g/mol.